The summed E-state index contributed by atoms with van der Waals surface area (Å²) in [5.74, 6) is 0.434. The molecule has 1 heterocycles. The fraction of sp³-hybridized carbons (Fsp3) is 0.273. The number of nitrogen functional groups attached to an aromatic ring is 1. The fourth-order valence-corrected chi connectivity index (χ4v) is 2.87. The second kappa shape index (κ2) is 5.10. The number of halogens is 1. The Morgan fingerprint density at radius 1 is 1.41 bits per heavy atom. The summed E-state index contributed by atoms with van der Waals surface area (Å²) in [6.07, 6.45) is 0.404. The smallest absolute Gasteiger partial charge is 0.288 e. The van der Waals surface area contributed by atoms with Gasteiger partial charge in [-0.3, -0.25) is 14.5 Å². The van der Waals surface area contributed by atoms with Gasteiger partial charge < -0.3 is 5.73 Å². The second-order valence-electron chi connectivity index (χ2n) is 3.65. The van der Waals surface area contributed by atoms with Crippen LogP contribution in [0.4, 0.5) is 10.5 Å². The highest BCUT2D eigenvalue weighted by atomic mass is 79.9. The van der Waals surface area contributed by atoms with Crippen molar-refractivity contribution in [1.82, 2.24) is 4.90 Å². The van der Waals surface area contributed by atoms with Gasteiger partial charge in [0.15, 0.2) is 0 Å². The van der Waals surface area contributed by atoms with Crippen LogP contribution in [0.3, 0.4) is 0 Å². The predicted molar refractivity (Wildman–Crippen MR) is 71.6 cm³/mol. The zero-order valence-corrected chi connectivity index (χ0v) is 11.4. The van der Waals surface area contributed by atoms with Crippen molar-refractivity contribution in [3.63, 3.8) is 0 Å². The molecular formula is C11H11BrN2O2S. The van der Waals surface area contributed by atoms with Gasteiger partial charge >= 0.3 is 0 Å². The third-order valence-corrected chi connectivity index (χ3v) is 4.15. The Morgan fingerprint density at radius 3 is 2.82 bits per heavy atom. The van der Waals surface area contributed by atoms with Crippen molar-refractivity contribution in [1.29, 1.82) is 0 Å². The first-order valence-electron chi connectivity index (χ1n) is 5.09. The topological polar surface area (TPSA) is 63.4 Å². The van der Waals surface area contributed by atoms with Gasteiger partial charge in [-0.1, -0.05) is 33.8 Å². The number of thioether (sulfide) groups is 1. The zero-order chi connectivity index (χ0) is 12.4. The van der Waals surface area contributed by atoms with Gasteiger partial charge in [-0.15, -0.1) is 0 Å². The van der Waals surface area contributed by atoms with Gasteiger partial charge in [0.25, 0.3) is 5.24 Å². The number of hydrogen-bond acceptors (Lipinski definition) is 4. The first-order valence-corrected chi connectivity index (χ1v) is 6.87. The molecule has 0 unspecified atom stereocenters. The molecule has 2 amide bonds. The summed E-state index contributed by atoms with van der Waals surface area (Å²) >= 11 is 4.55. The predicted octanol–water partition coefficient (Wildman–Crippen LogP) is 2.62. The molecule has 2 N–H and O–H groups in total. The van der Waals surface area contributed by atoms with Crippen molar-refractivity contribution < 1.29 is 9.59 Å². The lowest BCUT2D eigenvalue weighted by Gasteiger charge is -2.25. The lowest BCUT2D eigenvalue weighted by Crippen LogP contribution is -2.37. The van der Waals surface area contributed by atoms with Crippen molar-refractivity contribution >= 4 is 44.5 Å². The molecule has 0 radical (unpaired) electrons. The Bertz CT molecular complexity index is 442. The molecule has 1 aromatic rings. The monoisotopic (exact) mass is 314 g/mol. The van der Waals surface area contributed by atoms with Crippen molar-refractivity contribution in [2.24, 2.45) is 0 Å². The van der Waals surface area contributed by atoms with Gasteiger partial charge in [-0.2, -0.15) is 0 Å². The Balaban J connectivity index is 2.25. The summed E-state index contributed by atoms with van der Waals surface area (Å²) < 4.78 is 0.814. The van der Waals surface area contributed by atoms with E-state index < -0.39 is 0 Å². The zero-order valence-electron chi connectivity index (χ0n) is 8.98. The molecule has 1 aromatic carbocycles. The van der Waals surface area contributed by atoms with Crippen LogP contribution < -0.4 is 5.73 Å². The summed E-state index contributed by atoms with van der Waals surface area (Å²) in [5, 5.41) is -0.198. The quantitative estimate of drug-likeness (QED) is 0.852. The van der Waals surface area contributed by atoms with E-state index in [-0.39, 0.29) is 17.7 Å². The van der Waals surface area contributed by atoms with Gasteiger partial charge in [0.05, 0.1) is 6.54 Å². The van der Waals surface area contributed by atoms with Crippen LogP contribution in [0.25, 0.3) is 0 Å². The molecule has 4 nitrogen and oxygen atoms in total. The summed E-state index contributed by atoms with van der Waals surface area (Å²) in [6, 6.07) is 5.42. The molecule has 17 heavy (non-hydrogen) atoms. The van der Waals surface area contributed by atoms with Crippen LogP contribution in [-0.2, 0) is 11.3 Å². The maximum atomic E-state index is 11.7. The van der Waals surface area contributed by atoms with Crippen molar-refractivity contribution in [3.8, 4) is 0 Å². The van der Waals surface area contributed by atoms with Gasteiger partial charge in [-0.25, -0.2) is 0 Å². The number of carbonyl (C=O) groups is 2. The molecule has 6 heteroatoms. The molecule has 0 atom stereocenters. The minimum absolute atomic E-state index is 0.135. The Kier molecular flexibility index (Phi) is 3.73. The number of nitrogens with two attached hydrogens (primary N) is 1. The number of rotatable bonds is 2. The number of anilines is 1. The highest BCUT2D eigenvalue weighted by molar-refractivity contribution is 9.10. The van der Waals surface area contributed by atoms with Gasteiger partial charge in [0.1, 0.15) is 0 Å². The van der Waals surface area contributed by atoms with Gasteiger partial charge in [0.2, 0.25) is 5.91 Å². The number of imide groups is 1. The van der Waals surface area contributed by atoms with Gasteiger partial charge in [-0.05, 0) is 12.1 Å². The van der Waals surface area contributed by atoms with E-state index >= 15 is 0 Å². The maximum absolute atomic E-state index is 11.7. The third kappa shape index (κ3) is 2.63. The summed E-state index contributed by atoms with van der Waals surface area (Å²) in [4.78, 5) is 24.6. The van der Waals surface area contributed by atoms with Crippen LogP contribution in [0.1, 0.15) is 12.0 Å². The molecule has 90 valence electrons. The first kappa shape index (κ1) is 12.4. The van der Waals surface area contributed by atoms with Crippen LogP contribution in [0.5, 0.6) is 0 Å². The van der Waals surface area contributed by atoms with E-state index in [1.165, 1.54) is 16.7 Å². The highest BCUT2D eigenvalue weighted by Gasteiger charge is 2.27. The van der Waals surface area contributed by atoms with Crippen LogP contribution in [0.15, 0.2) is 22.7 Å². The molecule has 0 saturated carbocycles. The van der Waals surface area contributed by atoms with E-state index in [2.05, 4.69) is 15.9 Å². The molecule has 1 fully saturated rings. The molecule has 0 spiro atoms. The second-order valence-corrected chi connectivity index (χ2v) is 5.55. The Hall–Kier alpha value is -1.01. The average Bonchev–Trinajstić information content (AvgIpc) is 2.27. The standard InChI is InChI=1S/C11H11BrN2O2S/c12-8-2-1-3-9(13)7(8)6-14-10(15)4-5-17-11(14)16/h1-3H,4-6,13H2. The number of carbonyl (C=O) groups excluding carboxylic acids is 2. The average molecular weight is 315 g/mol. The highest BCUT2D eigenvalue weighted by Crippen LogP contribution is 2.27. The number of amides is 2. The van der Waals surface area contributed by atoms with Crippen molar-refractivity contribution in [2.75, 3.05) is 11.5 Å². The normalized spacial score (nSPS) is 16.4. The molecule has 0 aliphatic carbocycles. The van der Waals surface area contributed by atoms with E-state index in [9.17, 15) is 9.59 Å². The van der Waals surface area contributed by atoms with E-state index in [4.69, 9.17) is 5.73 Å². The van der Waals surface area contributed by atoms with Crippen LogP contribution in [0, 0.1) is 0 Å². The first-order chi connectivity index (χ1) is 8.09. The number of nitrogens with zero attached hydrogens (tertiary/aromatic N) is 1. The Labute approximate surface area is 112 Å². The lowest BCUT2D eigenvalue weighted by atomic mass is 10.1. The van der Waals surface area contributed by atoms with Crippen molar-refractivity contribution in [3.05, 3.63) is 28.2 Å². The molecular weight excluding hydrogens is 304 g/mol. The number of hydrogen-bond donors (Lipinski definition) is 1. The fourth-order valence-electron chi connectivity index (χ4n) is 1.59. The van der Waals surface area contributed by atoms with E-state index in [1.807, 2.05) is 12.1 Å². The van der Waals surface area contributed by atoms with E-state index in [0.29, 0.717) is 17.9 Å². The van der Waals surface area contributed by atoms with Crippen molar-refractivity contribution in [2.45, 2.75) is 13.0 Å². The summed E-state index contributed by atoms with van der Waals surface area (Å²) in [7, 11) is 0. The molecule has 1 saturated heterocycles. The largest absolute Gasteiger partial charge is 0.398 e. The maximum Gasteiger partial charge on any atom is 0.288 e. The number of benzene rings is 1. The minimum atomic E-state index is -0.198. The molecule has 0 bridgehead atoms. The summed E-state index contributed by atoms with van der Waals surface area (Å²) in [6.45, 7) is 0.234. The molecule has 0 aromatic heterocycles. The van der Waals surface area contributed by atoms with E-state index in [0.717, 1.165) is 10.0 Å². The molecule has 2 rings (SSSR count). The van der Waals surface area contributed by atoms with Crippen LogP contribution in [-0.4, -0.2) is 21.8 Å². The van der Waals surface area contributed by atoms with E-state index in [1.54, 1.807) is 6.07 Å². The summed E-state index contributed by atoms with van der Waals surface area (Å²) in [5.41, 5.74) is 7.20. The minimum Gasteiger partial charge on any atom is -0.398 e. The molecule has 1 aliphatic heterocycles. The molecule has 1 aliphatic rings. The van der Waals surface area contributed by atoms with Crippen LogP contribution in [0.2, 0.25) is 0 Å². The third-order valence-electron chi connectivity index (χ3n) is 2.53. The lowest BCUT2D eigenvalue weighted by molar-refractivity contribution is -0.128. The SMILES string of the molecule is Nc1cccc(Br)c1CN1C(=O)CCSC1=O. The van der Waals surface area contributed by atoms with Crippen LogP contribution >= 0.6 is 27.7 Å². The Morgan fingerprint density at radius 2 is 2.18 bits per heavy atom. The van der Waals surface area contributed by atoms with Gasteiger partial charge in [0, 0.05) is 27.9 Å².